The minimum atomic E-state index is -0.425. The minimum absolute atomic E-state index is 0. The molecule has 4 N–H and O–H groups in total. The number of methoxy groups -OCH3 is 1. The summed E-state index contributed by atoms with van der Waals surface area (Å²) < 4.78 is 16.1. The molecule has 2 aromatic rings. The van der Waals surface area contributed by atoms with E-state index in [9.17, 15) is 4.79 Å². The van der Waals surface area contributed by atoms with Crippen LogP contribution in [0.5, 0.6) is 11.5 Å². The number of hydrogen-bond acceptors (Lipinski definition) is 8. The lowest BCUT2D eigenvalue weighted by molar-refractivity contribution is 0.0944. The van der Waals surface area contributed by atoms with Gasteiger partial charge in [-0.05, 0) is 50.9 Å². The largest absolute Gasteiger partial charge is 0.493 e. The lowest BCUT2D eigenvalue weighted by atomic mass is 10.2. The third-order valence-electron chi connectivity index (χ3n) is 3.22. The molecule has 26 heavy (non-hydrogen) atoms. The van der Waals surface area contributed by atoms with Crippen molar-refractivity contribution >= 4 is 40.1 Å². The zero-order valence-corrected chi connectivity index (χ0v) is 16.8. The number of nitrogens with zero attached hydrogens (tertiary/aromatic N) is 2. The van der Waals surface area contributed by atoms with Gasteiger partial charge in [-0.25, -0.2) is 4.63 Å². The monoisotopic (exact) mass is 449 g/mol. The summed E-state index contributed by atoms with van der Waals surface area (Å²) in [6, 6.07) is 3.87. The van der Waals surface area contributed by atoms with Gasteiger partial charge in [0, 0.05) is 19.6 Å². The highest BCUT2D eigenvalue weighted by atomic mass is 79.9. The molecule has 144 valence electrons. The van der Waals surface area contributed by atoms with Gasteiger partial charge in [0.05, 0.1) is 18.2 Å². The van der Waals surface area contributed by atoms with E-state index in [-0.39, 0.29) is 23.9 Å². The van der Waals surface area contributed by atoms with E-state index >= 15 is 0 Å². The number of ether oxygens (including phenoxy) is 2. The Bertz CT molecular complexity index is 728. The highest BCUT2D eigenvalue weighted by molar-refractivity contribution is 9.10. The van der Waals surface area contributed by atoms with Crippen LogP contribution in [0.4, 0.5) is 5.82 Å². The highest BCUT2D eigenvalue weighted by Gasteiger charge is 2.15. The third kappa shape index (κ3) is 5.75. The Labute approximate surface area is 165 Å². The van der Waals surface area contributed by atoms with Gasteiger partial charge in [-0.3, -0.25) is 4.79 Å². The molecule has 1 aromatic carbocycles. The van der Waals surface area contributed by atoms with Crippen LogP contribution in [0.2, 0.25) is 0 Å². The topological polar surface area (TPSA) is 125 Å². The minimum Gasteiger partial charge on any atom is -0.493 e. The molecule has 0 saturated heterocycles. The molecule has 1 aromatic heterocycles. The van der Waals surface area contributed by atoms with Crippen molar-refractivity contribution in [3.05, 3.63) is 27.9 Å². The lowest BCUT2D eigenvalue weighted by Crippen LogP contribution is -2.32. The fourth-order valence-electron chi connectivity index (χ4n) is 2.09. The zero-order chi connectivity index (χ0) is 18.2. The Morgan fingerprint density at radius 2 is 2.12 bits per heavy atom. The van der Waals surface area contributed by atoms with Crippen molar-refractivity contribution < 1.29 is 18.9 Å². The molecular formula is C15H21BrClN5O4. The van der Waals surface area contributed by atoms with Crippen molar-refractivity contribution in [2.24, 2.45) is 0 Å². The molecule has 1 heterocycles. The van der Waals surface area contributed by atoms with E-state index in [1.165, 1.54) is 0 Å². The molecule has 1 amide bonds. The number of carbonyl (C=O) groups excluding carboxylic acids is 1. The fraction of sp³-hybridized carbons (Fsp3) is 0.400. The van der Waals surface area contributed by atoms with Crippen LogP contribution in [0.15, 0.2) is 21.2 Å². The van der Waals surface area contributed by atoms with E-state index in [1.54, 1.807) is 7.11 Å². The van der Waals surface area contributed by atoms with Gasteiger partial charge in [-0.15, -0.1) is 12.4 Å². The Morgan fingerprint density at radius 3 is 2.73 bits per heavy atom. The Morgan fingerprint density at radius 1 is 1.35 bits per heavy atom. The molecule has 2 rings (SSSR count). The quantitative estimate of drug-likeness (QED) is 0.494. The molecule has 0 unspecified atom stereocenters. The van der Waals surface area contributed by atoms with Crippen LogP contribution in [0, 0.1) is 0 Å². The molecule has 0 fully saturated rings. The number of halogens is 2. The molecule has 0 bridgehead atoms. The Balaban J connectivity index is 0.00000338. The molecule has 0 atom stereocenters. The van der Waals surface area contributed by atoms with E-state index in [4.69, 9.17) is 15.2 Å². The standard InChI is InChI=1S/C15H20BrN5O4.ClH/c1-3-24-13-10(16)6-9(7-11(13)23-2)8-18-4-5-19-15(22)12-14(17)21-25-20-12;/h6-7,18H,3-5,8H2,1-2H3,(H2,17,21)(H,19,22);1H. The number of amides is 1. The van der Waals surface area contributed by atoms with Crippen molar-refractivity contribution in [3.63, 3.8) is 0 Å². The maximum Gasteiger partial charge on any atom is 0.277 e. The van der Waals surface area contributed by atoms with E-state index in [0.29, 0.717) is 37.7 Å². The molecule has 11 heteroatoms. The molecule has 0 saturated carbocycles. The maximum absolute atomic E-state index is 11.8. The second-order valence-electron chi connectivity index (χ2n) is 4.97. The van der Waals surface area contributed by atoms with Crippen LogP contribution in [-0.4, -0.2) is 43.0 Å². The number of aromatic nitrogens is 2. The number of anilines is 1. The van der Waals surface area contributed by atoms with Crippen molar-refractivity contribution in [1.29, 1.82) is 0 Å². The molecule has 0 aliphatic carbocycles. The first-order valence-corrected chi connectivity index (χ1v) is 8.42. The molecule has 0 radical (unpaired) electrons. The summed E-state index contributed by atoms with van der Waals surface area (Å²) in [5.74, 6) is 0.887. The summed E-state index contributed by atoms with van der Waals surface area (Å²) in [6.45, 7) is 4.03. The van der Waals surface area contributed by atoms with Crippen molar-refractivity contribution in [2.45, 2.75) is 13.5 Å². The Hall–Kier alpha value is -2.04. The predicted molar refractivity (Wildman–Crippen MR) is 102 cm³/mol. The van der Waals surface area contributed by atoms with Crippen LogP contribution in [0.1, 0.15) is 23.0 Å². The molecule has 0 aliphatic rings. The second kappa shape index (κ2) is 10.8. The number of benzene rings is 1. The van der Waals surface area contributed by atoms with Gasteiger partial charge in [0.15, 0.2) is 11.5 Å². The summed E-state index contributed by atoms with van der Waals surface area (Å²) in [5, 5.41) is 12.7. The highest BCUT2D eigenvalue weighted by Crippen LogP contribution is 2.36. The van der Waals surface area contributed by atoms with Crippen LogP contribution in [0.3, 0.4) is 0 Å². The summed E-state index contributed by atoms with van der Waals surface area (Å²) >= 11 is 3.49. The van der Waals surface area contributed by atoms with Gasteiger partial charge in [0.1, 0.15) is 0 Å². The van der Waals surface area contributed by atoms with Crippen LogP contribution >= 0.6 is 28.3 Å². The second-order valence-corrected chi connectivity index (χ2v) is 5.83. The average Bonchev–Trinajstić information content (AvgIpc) is 3.02. The first-order valence-electron chi connectivity index (χ1n) is 7.63. The maximum atomic E-state index is 11.8. The van der Waals surface area contributed by atoms with Gasteiger partial charge < -0.3 is 25.8 Å². The molecule has 9 nitrogen and oxygen atoms in total. The zero-order valence-electron chi connectivity index (χ0n) is 14.4. The number of hydrogen-bond donors (Lipinski definition) is 3. The van der Waals surface area contributed by atoms with E-state index in [0.717, 1.165) is 10.0 Å². The fourth-order valence-corrected chi connectivity index (χ4v) is 2.70. The number of nitrogens with two attached hydrogens (primary N) is 1. The number of rotatable bonds is 9. The molecular weight excluding hydrogens is 430 g/mol. The normalized spacial score (nSPS) is 10.1. The third-order valence-corrected chi connectivity index (χ3v) is 3.81. The van der Waals surface area contributed by atoms with Gasteiger partial charge in [-0.1, -0.05) is 0 Å². The summed E-state index contributed by atoms with van der Waals surface area (Å²) in [7, 11) is 1.60. The Kier molecular flexibility index (Phi) is 9.17. The average molecular weight is 451 g/mol. The lowest BCUT2D eigenvalue weighted by Gasteiger charge is -2.14. The van der Waals surface area contributed by atoms with Crippen molar-refractivity contribution in [3.8, 4) is 11.5 Å². The number of carbonyl (C=O) groups is 1. The van der Waals surface area contributed by atoms with E-state index in [2.05, 4.69) is 41.5 Å². The van der Waals surface area contributed by atoms with Crippen LogP contribution < -0.4 is 25.8 Å². The van der Waals surface area contributed by atoms with Crippen molar-refractivity contribution in [2.75, 3.05) is 32.5 Å². The SMILES string of the molecule is CCOc1c(Br)cc(CNCCNC(=O)c2nonc2N)cc1OC.Cl. The smallest absolute Gasteiger partial charge is 0.277 e. The molecule has 0 aliphatic heterocycles. The summed E-state index contributed by atoms with van der Waals surface area (Å²) in [6.07, 6.45) is 0. The van der Waals surface area contributed by atoms with Gasteiger partial charge in [0.2, 0.25) is 11.5 Å². The first-order chi connectivity index (χ1) is 12.1. The van der Waals surface area contributed by atoms with Gasteiger partial charge in [-0.2, -0.15) is 0 Å². The molecule has 0 spiro atoms. The number of nitrogen functional groups attached to an aromatic ring is 1. The van der Waals surface area contributed by atoms with Crippen LogP contribution in [0.25, 0.3) is 0 Å². The summed E-state index contributed by atoms with van der Waals surface area (Å²) in [4.78, 5) is 11.8. The van der Waals surface area contributed by atoms with Gasteiger partial charge in [0.25, 0.3) is 5.91 Å². The van der Waals surface area contributed by atoms with Crippen LogP contribution in [-0.2, 0) is 6.54 Å². The van der Waals surface area contributed by atoms with E-state index in [1.807, 2.05) is 19.1 Å². The summed E-state index contributed by atoms with van der Waals surface area (Å²) in [5.41, 5.74) is 6.46. The van der Waals surface area contributed by atoms with Crippen molar-refractivity contribution in [1.82, 2.24) is 20.9 Å². The number of nitrogens with one attached hydrogen (secondary N) is 2. The predicted octanol–water partition coefficient (Wildman–Crippen LogP) is 1.76. The van der Waals surface area contributed by atoms with E-state index < -0.39 is 5.91 Å². The first kappa shape index (κ1) is 22.0. The van der Waals surface area contributed by atoms with Gasteiger partial charge >= 0.3 is 0 Å².